The van der Waals surface area contributed by atoms with Gasteiger partial charge in [0.1, 0.15) is 11.5 Å². The lowest BCUT2D eigenvalue weighted by Gasteiger charge is -2.12. The molecule has 0 aliphatic heterocycles. The van der Waals surface area contributed by atoms with E-state index in [-0.39, 0.29) is 29.3 Å². The Morgan fingerprint density at radius 1 is 0.923 bits per heavy atom. The van der Waals surface area contributed by atoms with Gasteiger partial charge in [-0.05, 0) is 24.5 Å². The molecule has 0 aromatic heterocycles. The van der Waals surface area contributed by atoms with Crippen LogP contribution in [-0.2, 0) is 16.0 Å². The van der Waals surface area contributed by atoms with E-state index in [1.807, 2.05) is 6.92 Å². The van der Waals surface area contributed by atoms with Crippen molar-refractivity contribution in [2.45, 2.75) is 78.1 Å². The van der Waals surface area contributed by atoms with Crippen LogP contribution in [0.15, 0.2) is 12.1 Å². The molecule has 5 nitrogen and oxygen atoms in total. The molecule has 0 saturated carbocycles. The summed E-state index contributed by atoms with van der Waals surface area (Å²) in [6.45, 7) is 4.38. The number of unbranched alkanes of at least 4 members (excludes halogenated alkanes) is 6. The van der Waals surface area contributed by atoms with E-state index in [1.54, 1.807) is 0 Å². The Labute approximate surface area is 156 Å². The van der Waals surface area contributed by atoms with Gasteiger partial charge >= 0.3 is 5.97 Å². The van der Waals surface area contributed by atoms with Gasteiger partial charge in [-0.3, -0.25) is 9.59 Å². The maximum atomic E-state index is 12.5. The minimum atomic E-state index is -0.471. The van der Waals surface area contributed by atoms with Crippen molar-refractivity contribution in [3.05, 3.63) is 23.3 Å². The molecule has 0 spiro atoms. The van der Waals surface area contributed by atoms with Crippen LogP contribution in [0.25, 0.3) is 0 Å². The summed E-state index contributed by atoms with van der Waals surface area (Å²) < 4.78 is 5.04. The van der Waals surface area contributed by atoms with Crippen molar-refractivity contribution in [3.8, 4) is 11.5 Å². The zero-order chi connectivity index (χ0) is 19.4. The predicted octanol–water partition coefficient (Wildman–Crippen LogP) is 4.92. The van der Waals surface area contributed by atoms with Crippen LogP contribution in [0, 0.1) is 0 Å². The van der Waals surface area contributed by atoms with Crippen LogP contribution in [-0.4, -0.2) is 28.6 Å². The largest absolute Gasteiger partial charge is 0.508 e. The standard InChI is InChI=1S/C21H32O5/c1-3-5-6-7-8-9-10-11-18(23)21-16(13-17(22)15-19(21)24)14-20(25)26-12-4-2/h13,15,22,24H,3-12,14H2,1-2H3. The lowest BCUT2D eigenvalue weighted by Crippen LogP contribution is -2.12. The second-order valence-corrected chi connectivity index (χ2v) is 6.69. The van der Waals surface area contributed by atoms with Crippen molar-refractivity contribution < 1.29 is 24.5 Å². The fourth-order valence-corrected chi connectivity index (χ4v) is 2.92. The van der Waals surface area contributed by atoms with E-state index in [9.17, 15) is 19.8 Å². The van der Waals surface area contributed by atoms with Gasteiger partial charge in [-0.2, -0.15) is 0 Å². The summed E-state index contributed by atoms with van der Waals surface area (Å²) in [5.74, 6) is -1.12. The Morgan fingerprint density at radius 2 is 1.58 bits per heavy atom. The highest BCUT2D eigenvalue weighted by Gasteiger charge is 2.20. The van der Waals surface area contributed by atoms with Crippen molar-refractivity contribution in [2.75, 3.05) is 6.61 Å². The molecule has 0 bridgehead atoms. The topological polar surface area (TPSA) is 83.8 Å². The summed E-state index contributed by atoms with van der Waals surface area (Å²) >= 11 is 0. The predicted molar refractivity (Wildman–Crippen MR) is 102 cm³/mol. The first-order chi connectivity index (χ1) is 12.5. The lowest BCUT2D eigenvalue weighted by molar-refractivity contribution is -0.142. The molecule has 0 heterocycles. The SMILES string of the molecule is CCCCCCCCCC(=O)c1c(O)cc(O)cc1CC(=O)OCCC. The van der Waals surface area contributed by atoms with Crippen LogP contribution in [0.4, 0.5) is 0 Å². The zero-order valence-electron chi connectivity index (χ0n) is 16.1. The number of Topliss-reactive ketones (excluding diaryl/α,β-unsaturated/α-hetero) is 1. The number of aromatic hydroxyl groups is 2. The van der Waals surface area contributed by atoms with E-state index in [2.05, 4.69) is 6.92 Å². The van der Waals surface area contributed by atoms with Crippen LogP contribution in [0.1, 0.15) is 87.6 Å². The molecule has 0 fully saturated rings. The third-order valence-corrected chi connectivity index (χ3v) is 4.27. The average Bonchev–Trinajstić information content (AvgIpc) is 2.58. The Hall–Kier alpha value is -2.04. The number of carbonyl (C=O) groups excluding carboxylic acids is 2. The summed E-state index contributed by atoms with van der Waals surface area (Å²) in [5, 5.41) is 19.8. The summed E-state index contributed by atoms with van der Waals surface area (Å²) in [6, 6.07) is 2.49. The minimum Gasteiger partial charge on any atom is -0.508 e. The van der Waals surface area contributed by atoms with Gasteiger partial charge in [0.2, 0.25) is 0 Å². The number of rotatable bonds is 13. The van der Waals surface area contributed by atoms with Crippen LogP contribution >= 0.6 is 0 Å². The summed E-state index contributed by atoms with van der Waals surface area (Å²) in [7, 11) is 0. The first-order valence-electron chi connectivity index (χ1n) is 9.73. The molecule has 0 amide bonds. The molecule has 5 heteroatoms. The molecule has 146 valence electrons. The maximum absolute atomic E-state index is 12.5. The molecule has 0 atom stereocenters. The van der Waals surface area contributed by atoms with Gasteiger partial charge in [-0.25, -0.2) is 0 Å². The van der Waals surface area contributed by atoms with Gasteiger partial charge < -0.3 is 14.9 Å². The number of ketones is 1. The first-order valence-corrected chi connectivity index (χ1v) is 9.73. The molecule has 1 aromatic carbocycles. The molecule has 0 radical (unpaired) electrons. The highest BCUT2D eigenvalue weighted by atomic mass is 16.5. The van der Waals surface area contributed by atoms with Gasteiger partial charge in [0.25, 0.3) is 0 Å². The number of hydrogen-bond acceptors (Lipinski definition) is 5. The normalized spacial score (nSPS) is 10.7. The molecule has 0 aliphatic carbocycles. The fraction of sp³-hybridized carbons (Fsp3) is 0.619. The highest BCUT2D eigenvalue weighted by molar-refractivity contribution is 6.01. The molecular weight excluding hydrogens is 332 g/mol. The molecule has 0 aliphatic rings. The van der Waals surface area contributed by atoms with Gasteiger partial charge in [0.15, 0.2) is 5.78 Å². The van der Waals surface area contributed by atoms with E-state index < -0.39 is 5.97 Å². The molecule has 1 rings (SSSR count). The molecular formula is C21H32O5. The first kappa shape index (κ1) is 22.0. The smallest absolute Gasteiger partial charge is 0.310 e. The highest BCUT2D eigenvalue weighted by Crippen LogP contribution is 2.29. The van der Waals surface area contributed by atoms with Gasteiger partial charge in [0.05, 0.1) is 18.6 Å². The van der Waals surface area contributed by atoms with Crippen molar-refractivity contribution in [1.29, 1.82) is 0 Å². The molecule has 0 unspecified atom stereocenters. The van der Waals surface area contributed by atoms with E-state index >= 15 is 0 Å². The van der Waals surface area contributed by atoms with Crippen LogP contribution in [0.3, 0.4) is 0 Å². The Balaban J connectivity index is 2.65. The van der Waals surface area contributed by atoms with Gasteiger partial charge in [-0.1, -0.05) is 52.4 Å². The number of phenols is 2. The molecule has 0 saturated heterocycles. The zero-order valence-corrected chi connectivity index (χ0v) is 16.1. The van der Waals surface area contributed by atoms with E-state index in [1.165, 1.54) is 31.7 Å². The Morgan fingerprint density at radius 3 is 2.23 bits per heavy atom. The van der Waals surface area contributed by atoms with E-state index in [0.29, 0.717) is 25.0 Å². The number of ether oxygens (including phenoxy) is 1. The number of carbonyl (C=O) groups is 2. The maximum Gasteiger partial charge on any atom is 0.310 e. The van der Waals surface area contributed by atoms with Gasteiger partial charge in [0, 0.05) is 12.5 Å². The molecule has 2 N–H and O–H groups in total. The summed E-state index contributed by atoms with van der Waals surface area (Å²) in [5.41, 5.74) is 0.443. The monoisotopic (exact) mass is 364 g/mol. The van der Waals surface area contributed by atoms with Crippen molar-refractivity contribution in [3.63, 3.8) is 0 Å². The molecule has 26 heavy (non-hydrogen) atoms. The van der Waals surface area contributed by atoms with E-state index in [0.717, 1.165) is 25.3 Å². The lowest BCUT2D eigenvalue weighted by atomic mass is 9.96. The number of esters is 1. The second kappa shape index (κ2) is 12.3. The summed E-state index contributed by atoms with van der Waals surface area (Å²) in [4.78, 5) is 24.4. The third kappa shape index (κ3) is 7.89. The second-order valence-electron chi connectivity index (χ2n) is 6.69. The van der Waals surface area contributed by atoms with Gasteiger partial charge in [-0.15, -0.1) is 0 Å². The number of hydrogen-bond donors (Lipinski definition) is 2. The number of benzene rings is 1. The Bertz CT molecular complexity index is 580. The quantitative estimate of drug-likeness (QED) is 0.295. The van der Waals surface area contributed by atoms with Crippen LogP contribution in [0.5, 0.6) is 11.5 Å². The number of phenolic OH excluding ortho intramolecular Hbond substituents is 2. The Kier molecular flexibility index (Phi) is 10.4. The third-order valence-electron chi connectivity index (χ3n) is 4.27. The van der Waals surface area contributed by atoms with Crippen molar-refractivity contribution in [2.24, 2.45) is 0 Å². The fourth-order valence-electron chi connectivity index (χ4n) is 2.92. The average molecular weight is 364 g/mol. The summed E-state index contributed by atoms with van der Waals surface area (Å²) in [6.07, 6.45) is 8.59. The van der Waals surface area contributed by atoms with E-state index in [4.69, 9.17) is 4.74 Å². The van der Waals surface area contributed by atoms with Crippen molar-refractivity contribution in [1.82, 2.24) is 0 Å². The molecule has 1 aromatic rings. The van der Waals surface area contributed by atoms with Crippen LogP contribution in [0.2, 0.25) is 0 Å². The minimum absolute atomic E-state index is 0.127. The van der Waals surface area contributed by atoms with Crippen LogP contribution < -0.4 is 0 Å². The van der Waals surface area contributed by atoms with Crippen molar-refractivity contribution >= 4 is 11.8 Å².